The van der Waals surface area contributed by atoms with Gasteiger partial charge in [0.05, 0.1) is 71.7 Å². The van der Waals surface area contributed by atoms with Crippen LogP contribution in [0.25, 0.3) is 0 Å². The van der Waals surface area contributed by atoms with Crippen LogP contribution in [0, 0.1) is 6.92 Å². The number of aromatic nitrogens is 2. The molecule has 0 fully saturated rings. The lowest BCUT2D eigenvalue weighted by atomic mass is 10.1. The number of nitrogens with one attached hydrogen (secondary N) is 1. The van der Waals surface area contributed by atoms with Gasteiger partial charge in [-0.3, -0.25) is 14.3 Å². The monoisotopic (exact) mass is 505 g/mol. The molecule has 0 aliphatic heterocycles. The van der Waals surface area contributed by atoms with E-state index in [0.717, 1.165) is 11.1 Å². The topological polar surface area (TPSA) is 110 Å². The summed E-state index contributed by atoms with van der Waals surface area (Å²) in [5.41, 5.74) is 2.81. The number of ether oxygens (including phenoxy) is 5. The molecule has 0 saturated carbocycles. The van der Waals surface area contributed by atoms with Crippen molar-refractivity contribution in [2.45, 2.75) is 26.8 Å². The Morgan fingerprint density at radius 1 is 0.861 bits per heavy atom. The minimum absolute atomic E-state index is 0.0000905. The van der Waals surface area contributed by atoms with Gasteiger partial charge in [0, 0.05) is 18.3 Å². The Bertz CT molecular complexity index is 886. The van der Waals surface area contributed by atoms with Crippen LogP contribution in [0.1, 0.15) is 41.4 Å². The van der Waals surface area contributed by atoms with Crippen molar-refractivity contribution in [1.29, 1.82) is 0 Å². The molecule has 1 atom stereocenters. The zero-order valence-electron chi connectivity index (χ0n) is 21.6. The summed E-state index contributed by atoms with van der Waals surface area (Å²) in [6, 6.07) is 7.66. The first kappa shape index (κ1) is 29.6. The molecular weight excluding hydrogens is 466 g/mol. The average molecular weight is 506 g/mol. The lowest BCUT2D eigenvalue weighted by molar-refractivity contribution is -0.122. The molecule has 10 nitrogen and oxygen atoms in total. The fourth-order valence-electron chi connectivity index (χ4n) is 3.14. The van der Waals surface area contributed by atoms with Crippen molar-refractivity contribution >= 4 is 11.7 Å². The summed E-state index contributed by atoms with van der Waals surface area (Å²) in [6.07, 6.45) is 3.83. The van der Waals surface area contributed by atoms with E-state index in [4.69, 9.17) is 23.7 Å². The average Bonchev–Trinajstić information content (AvgIpc) is 3.31. The number of carbonyl (C=O) groups excluding carboxylic acids is 2. The summed E-state index contributed by atoms with van der Waals surface area (Å²) in [7, 11) is 0. The third kappa shape index (κ3) is 12.4. The van der Waals surface area contributed by atoms with Crippen LogP contribution in [0.3, 0.4) is 0 Å². The van der Waals surface area contributed by atoms with Crippen LogP contribution >= 0.6 is 0 Å². The lowest BCUT2D eigenvalue weighted by Crippen LogP contribution is -2.27. The summed E-state index contributed by atoms with van der Waals surface area (Å²) in [4.78, 5) is 23.0. The molecule has 0 aliphatic rings. The van der Waals surface area contributed by atoms with Gasteiger partial charge in [0.2, 0.25) is 0 Å². The highest BCUT2D eigenvalue weighted by Gasteiger charge is 2.10. The first-order chi connectivity index (χ1) is 17.5. The lowest BCUT2D eigenvalue weighted by Gasteiger charge is -2.13. The second-order valence-electron chi connectivity index (χ2n) is 8.26. The quantitative estimate of drug-likeness (QED) is 0.273. The molecule has 0 saturated heterocycles. The maximum absolute atomic E-state index is 12.3. The summed E-state index contributed by atoms with van der Waals surface area (Å²) in [5, 5.41) is 7.21. The molecule has 1 aromatic carbocycles. The molecule has 0 spiro atoms. The first-order valence-corrected chi connectivity index (χ1v) is 12.2. The molecule has 1 amide bonds. The van der Waals surface area contributed by atoms with Crippen molar-refractivity contribution in [2.75, 3.05) is 72.6 Å². The zero-order valence-corrected chi connectivity index (χ0v) is 21.6. The summed E-state index contributed by atoms with van der Waals surface area (Å²) in [5.74, 6) is -0.131. The molecule has 36 heavy (non-hydrogen) atoms. The highest BCUT2D eigenvalue weighted by molar-refractivity contribution is 5.94. The van der Waals surface area contributed by atoms with E-state index in [9.17, 15) is 9.59 Å². The van der Waals surface area contributed by atoms with E-state index in [-0.39, 0.29) is 24.3 Å². The third-order valence-corrected chi connectivity index (χ3v) is 5.11. The number of rotatable bonds is 20. The number of hydrogen-bond donors (Lipinski definition) is 1. The number of ketones is 1. The van der Waals surface area contributed by atoms with Crippen LogP contribution in [0.2, 0.25) is 0 Å². The van der Waals surface area contributed by atoms with Crippen molar-refractivity contribution in [3.8, 4) is 0 Å². The largest absolute Gasteiger partial charge is 0.377 e. The molecule has 1 N–H and O–H groups in total. The Morgan fingerprint density at radius 3 is 1.89 bits per heavy atom. The van der Waals surface area contributed by atoms with Crippen molar-refractivity contribution < 1.29 is 33.3 Å². The van der Waals surface area contributed by atoms with Crippen LogP contribution in [0.5, 0.6) is 0 Å². The van der Waals surface area contributed by atoms with Crippen molar-refractivity contribution in [3.05, 3.63) is 53.3 Å². The molecule has 1 unspecified atom stereocenters. The van der Waals surface area contributed by atoms with Crippen LogP contribution in [0.4, 0.5) is 0 Å². The molecule has 1 aromatic heterocycles. The van der Waals surface area contributed by atoms with E-state index >= 15 is 0 Å². The number of benzene rings is 1. The van der Waals surface area contributed by atoms with E-state index in [1.165, 1.54) is 6.92 Å². The number of aryl methyl sites for hydroxylation is 1. The van der Waals surface area contributed by atoms with Gasteiger partial charge in [0.25, 0.3) is 5.91 Å². The Morgan fingerprint density at radius 2 is 1.39 bits per heavy atom. The number of hydrogen-bond acceptors (Lipinski definition) is 8. The molecule has 2 rings (SSSR count). The molecule has 0 bridgehead atoms. The van der Waals surface area contributed by atoms with Crippen molar-refractivity contribution in [2.24, 2.45) is 0 Å². The molecule has 2 aromatic rings. The summed E-state index contributed by atoms with van der Waals surface area (Å²) in [6.45, 7) is 10.1. The summed E-state index contributed by atoms with van der Waals surface area (Å²) < 4.78 is 28.6. The van der Waals surface area contributed by atoms with Crippen LogP contribution < -0.4 is 5.32 Å². The number of nitrogens with zero attached hydrogens (tertiary/aromatic N) is 2. The number of Topliss-reactive ketones (excluding diaryl/α,β-unsaturated/α-hetero) is 1. The van der Waals surface area contributed by atoms with Crippen molar-refractivity contribution in [1.82, 2.24) is 15.1 Å². The second kappa shape index (κ2) is 17.7. The van der Waals surface area contributed by atoms with E-state index in [0.29, 0.717) is 71.6 Å². The van der Waals surface area contributed by atoms with Gasteiger partial charge in [0.15, 0.2) is 5.78 Å². The Balaban J connectivity index is 1.41. The normalized spacial score (nSPS) is 12.0. The van der Waals surface area contributed by atoms with Crippen molar-refractivity contribution in [3.63, 3.8) is 0 Å². The molecular formula is C26H39N3O7. The standard InChI is InChI=1S/C26H39N3O7/c1-21-18-28-29(19-21)23(3)24-4-6-25(7-5-24)26(31)27-8-9-32-10-11-33-12-13-34-14-15-35-16-17-36-20-22(2)30/h4-7,18-19,23H,8-17,20H2,1-3H3,(H,27,31). The van der Waals surface area contributed by atoms with Gasteiger partial charge in [-0.15, -0.1) is 0 Å². The molecule has 10 heteroatoms. The minimum Gasteiger partial charge on any atom is -0.377 e. The van der Waals surface area contributed by atoms with E-state index in [1.807, 2.05) is 48.3 Å². The maximum atomic E-state index is 12.3. The van der Waals surface area contributed by atoms with E-state index in [2.05, 4.69) is 17.3 Å². The zero-order chi connectivity index (χ0) is 26.0. The fraction of sp³-hybridized carbons (Fsp3) is 0.577. The maximum Gasteiger partial charge on any atom is 0.251 e. The fourth-order valence-corrected chi connectivity index (χ4v) is 3.14. The van der Waals surface area contributed by atoms with Gasteiger partial charge in [-0.1, -0.05) is 12.1 Å². The van der Waals surface area contributed by atoms with Crippen LogP contribution in [0.15, 0.2) is 36.7 Å². The van der Waals surface area contributed by atoms with Gasteiger partial charge in [-0.25, -0.2) is 0 Å². The molecule has 1 heterocycles. The second-order valence-corrected chi connectivity index (χ2v) is 8.26. The first-order valence-electron chi connectivity index (χ1n) is 12.2. The number of amides is 1. The van der Waals surface area contributed by atoms with E-state index < -0.39 is 0 Å². The smallest absolute Gasteiger partial charge is 0.251 e. The van der Waals surface area contributed by atoms with E-state index in [1.54, 1.807) is 0 Å². The van der Waals surface area contributed by atoms with Gasteiger partial charge in [-0.05, 0) is 44.0 Å². The van der Waals surface area contributed by atoms with Gasteiger partial charge in [0.1, 0.15) is 6.61 Å². The minimum atomic E-state index is -0.131. The Kier molecular flexibility index (Phi) is 14.6. The van der Waals surface area contributed by atoms with Gasteiger partial charge in [-0.2, -0.15) is 5.10 Å². The molecule has 0 aliphatic carbocycles. The predicted molar refractivity (Wildman–Crippen MR) is 134 cm³/mol. The van der Waals surface area contributed by atoms with Crippen LogP contribution in [-0.2, 0) is 28.5 Å². The molecule has 0 radical (unpaired) electrons. The summed E-state index contributed by atoms with van der Waals surface area (Å²) >= 11 is 0. The third-order valence-electron chi connectivity index (χ3n) is 5.11. The highest BCUT2D eigenvalue weighted by Crippen LogP contribution is 2.18. The predicted octanol–water partition coefficient (Wildman–Crippen LogP) is 2.20. The SMILES string of the molecule is CC(=O)COCCOCCOCCOCCOCCNC(=O)c1ccc(C(C)n2cc(C)cn2)cc1. The Labute approximate surface area is 213 Å². The molecule has 200 valence electrons. The van der Waals surface area contributed by atoms with Crippen LogP contribution in [-0.4, -0.2) is 94.1 Å². The number of carbonyl (C=O) groups is 2. The van der Waals surface area contributed by atoms with Gasteiger partial charge >= 0.3 is 0 Å². The van der Waals surface area contributed by atoms with Gasteiger partial charge < -0.3 is 29.0 Å². The Hall–Kier alpha value is -2.63. The highest BCUT2D eigenvalue weighted by atomic mass is 16.6.